The van der Waals surface area contributed by atoms with E-state index in [1.807, 2.05) is 12.1 Å². The SMILES string of the molecule is CN1CCC(CNC2CC2)C1c1ccc(C#N)cc1. The molecule has 19 heavy (non-hydrogen) atoms. The number of hydrogen-bond donors (Lipinski definition) is 1. The lowest BCUT2D eigenvalue weighted by Gasteiger charge is -2.26. The van der Waals surface area contributed by atoms with E-state index in [0.717, 1.165) is 18.2 Å². The highest BCUT2D eigenvalue weighted by molar-refractivity contribution is 5.33. The molecule has 3 heteroatoms. The number of hydrogen-bond acceptors (Lipinski definition) is 3. The molecule has 0 aromatic heterocycles. The number of rotatable bonds is 4. The molecule has 2 unspecified atom stereocenters. The Kier molecular flexibility index (Phi) is 3.54. The summed E-state index contributed by atoms with van der Waals surface area (Å²) in [6, 6.07) is 11.6. The van der Waals surface area contributed by atoms with Gasteiger partial charge in [-0.05, 0) is 56.5 Å². The molecule has 0 spiro atoms. The second kappa shape index (κ2) is 5.32. The minimum Gasteiger partial charge on any atom is -0.314 e. The summed E-state index contributed by atoms with van der Waals surface area (Å²) < 4.78 is 0. The van der Waals surface area contributed by atoms with E-state index in [1.165, 1.54) is 31.4 Å². The van der Waals surface area contributed by atoms with Gasteiger partial charge in [-0.15, -0.1) is 0 Å². The average Bonchev–Trinajstić information content (AvgIpc) is 3.20. The molecule has 2 atom stereocenters. The minimum atomic E-state index is 0.499. The Labute approximate surface area is 115 Å². The summed E-state index contributed by atoms with van der Waals surface area (Å²) >= 11 is 0. The van der Waals surface area contributed by atoms with Crippen LogP contribution in [0.15, 0.2) is 24.3 Å². The fourth-order valence-electron chi connectivity index (χ4n) is 3.13. The number of likely N-dealkylation sites (tertiary alicyclic amines) is 1. The van der Waals surface area contributed by atoms with Crippen molar-refractivity contribution in [1.82, 2.24) is 10.2 Å². The van der Waals surface area contributed by atoms with Crippen molar-refractivity contribution in [3.63, 3.8) is 0 Å². The predicted octanol–water partition coefficient (Wildman–Crippen LogP) is 2.30. The molecule has 3 rings (SSSR count). The van der Waals surface area contributed by atoms with Gasteiger partial charge in [0, 0.05) is 18.6 Å². The van der Waals surface area contributed by atoms with E-state index in [4.69, 9.17) is 5.26 Å². The van der Waals surface area contributed by atoms with Gasteiger partial charge in [-0.1, -0.05) is 12.1 Å². The van der Waals surface area contributed by atoms with Crippen LogP contribution < -0.4 is 5.32 Å². The average molecular weight is 255 g/mol. The van der Waals surface area contributed by atoms with Crippen LogP contribution in [0.3, 0.4) is 0 Å². The molecule has 1 aliphatic heterocycles. The van der Waals surface area contributed by atoms with Gasteiger partial charge in [-0.3, -0.25) is 4.90 Å². The predicted molar refractivity (Wildman–Crippen MR) is 75.7 cm³/mol. The summed E-state index contributed by atoms with van der Waals surface area (Å²) in [7, 11) is 2.21. The smallest absolute Gasteiger partial charge is 0.0991 e. The van der Waals surface area contributed by atoms with E-state index >= 15 is 0 Å². The summed E-state index contributed by atoms with van der Waals surface area (Å²) in [6.45, 7) is 2.29. The first-order valence-electron chi connectivity index (χ1n) is 7.21. The molecule has 2 fully saturated rings. The normalized spacial score (nSPS) is 27.4. The molecule has 1 N–H and O–H groups in total. The summed E-state index contributed by atoms with van der Waals surface area (Å²) in [5, 5.41) is 12.5. The summed E-state index contributed by atoms with van der Waals surface area (Å²) in [4.78, 5) is 2.45. The molecule has 0 radical (unpaired) electrons. The molecule has 1 saturated heterocycles. The zero-order valence-electron chi connectivity index (χ0n) is 11.5. The van der Waals surface area contributed by atoms with E-state index in [0.29, 0.717) is 12.0 Å². The van der Waals surface area contributed by atoms with Gasteiger partial charge in [-0.2, -0.15) is 5.26 Å². The number of nitrogens with one attached hydrogen (secondary N) is 1. The van der Waals surface area contributed by atoms with Crippen LogP contribution in [-0.4, -0.2) is 31.1 Å². The maximum atomic E-state index is 8.88. The second-order valence-corrected chi connectivity index (χ2v) is 5.89. The lowest BCUT2D eigenvalue weighted by atomic mass is 9.93. The van der Waals surface area contributed by atoms with Crippen LogP contribution in [0.5, 0.6) is 0 Å². The molecule has 100 valence electrons. The fraction of sp³-hybridized carbons (Fsp3) is 0.562. The zero-order chi connectivity index (χ0) is 13.2. The quantitative estimate of drug-likeness (QED) is 0.897. The Morgan fingerprint density at radius 1 is 1.26 bits per heavy atom. The van der Waals surface area contributed by atoms with Crippen molar-refractivity contribution in [3.05, 3.63) is 35.4 Å². The van der Waals surface area contributed by atoms with E-state index in [9.17, 15) is 0 Å². The monoisotopic (exact) mass is 255 g/mol. The van der Waals surface area contributed by atoms with Crippen molar-refractivity contribution in [3.8, 4) is 6.07 Å². The molecule has 1 aromatic rings. The first-order valence-corrected chi connectivity index (χ1v) is 7.21. The molecule has 0 bridgehead atoms. The van der Waals surface area contributed by atoms with E-state index in [2.05, 4.69) is 35.5 Å². The highest BCUT2D eigenvalue weighted by Gasteiger charge is 2.33. The van der Waals surface area contributed by atoms with Crippen LogP contribution in [0.2, 0.25) is 0 Å². The van der Waals surface area contributed by atoms with Gasteiger partial charge < -0.3 is 5.32 Å². The summed E-state index contributed by atoms with van der Waals surface area (Å²) in [5.41, 5.74) is 2.10. The number of nitrogens with zero attached hydrogens (tertiary/aromatic N) is 2. The van der Waals surface area contributed by atoms with Gasteiger partial charge in [0.2, 0.25) is 0 Å². The maximum Gasteiger partial charge on any atom is 0.0991 e. The molecule has 1 saturated carbocycles. The highest BCUT2D eigenvalue weighted by atomic mass is 15.2. The van der Waals surface area contributed by atoms with E-state index < -0.39 is 0 Å². The first kappa shape index (κ1) is 12.7. The Balaban J connectivity index is 1.72. The van der Waals surface area contributed by atoms with Gasteiger partial charge in [-0.25, -0.2) is 0 Å². The molecule has 3 nitrogen and oxygen atoms in total. The number of nitriles is 1. The summed E-state index contributed by atoms with van der Waals surface area (Å²) in [6.07, 6.45) is 3.97. The first-order chi connectivity index (χ1) is 9.28. The lowest BCUT2D eigenvalue weighted by Crippen LogP contribution is -2.29. The minimum absolute atomic E-state index is 0.499. The lowest BCUT2D eigenvalue weighted by molar-refractivity contribution is 0.272. The van der Waals surface area contributed by atoms with E-state index in [1.54, 1.807) is 0 Å². The van der Waals surface area contributed by atoms with Gasteiger partial charge in [0.25, 0.3) is 0 Å². The van der Waals surface area contributed by atoms with Crippen molar-refractivity contribution >= 4 is 0 Å². The molecule has 1 aliphatic carbocycles. The summed E-state index contributed by atoms with van der Waals surface area (Å²) in [5.74, 6) is 0.693. The van der Waals surface area contributed by atoms with Crippen molar-refractivity contribution in [2.75, 3.05) is 20.1 Å². The standard InChI is InChI=1S/C16H21N3/c1-19-9-8-14(11-18-15-6-7-15)16(19)13-4-2-12(10-17)3-5-13/h2-5,14-16,18H,6-9,11H2,1H3. The zero-order valence-corrected chi connectivity index (χ0v) is 11.5. The molecule has 1 heterocycles. The van der Waals surface area contributed by atoms with Crippen molar-refractivity contribution in [1.29, 1.82) is 5.26 Å². The van der Waals surface area contributed by atoms with Gasteiger partial charge >= 0.3 is 0 Å². The molecule has 1 aromatic carbocycles. The third kappa shape index (κ3) is 2.80. The Bertz CT molecular complexity index is 470. The molecular formula is C16H21N3. The van der Waals surface area contributed by atoms with Crippen LogP contribution in [0.1, 0.15) is 36.4 Å². The topological polar surface area (TPSA) is 39.1 Å². The van der Waals surface area contributed by atoms with Crippen molar-refractivity contribution in [2.24, 2.45) is 5.92 Å². The Hall–Kier alpha value is -1.37. The van der Waals surface area contributed by atoms with Crippen LogP contribution in [0, 0.1) is 17.2 Å². The van der Waals surface area contributed by atoms with Gasteiger partial charge in [0.15, 0.2) is 0 Å². The van der Waals surface area contributed by atoms with Gasteiger partial charge in [0.1, 0.15) is 0 Å². The van der Waals surface area contributed by atoms with E-state index in [-0.39, 0.29) is 0 Å². The molecule has 0 amide bonds. The van der Waals surface area contributed by atoms with Crippen LogP contribution in [-0.2, 0) is 0 Å². The van der Waals surface area contributed by atoms with Crippen LogP contribution in [0.25, 0.3) is 0 Å². The molecular weight excluding hydrogens is 234 g/mol. The fourth-order valence-corrected chi connectivity index (χ4v) is 3.13. The van der Waals surface area contributed by atoms with Crippen LogP contribution in [0.4, 0.5) is 0 Å². The molecule has 2 aliphatic rings. The van der Waals surface area contributed by atoms with Crippen molar-refractivity contribution in [2.45, 2.75) is 31.3 Å². The highest BCUT2D eigenvalue weighted by Crippen LogP contribution is 2.36. The largest absolute Gasteiger partial charge is 0.314 e. The Morgan fingerprint density at radius 2 is 2.00 bits per heavy atom. The van der Waals surface area contributed by atoms with Crippen molar-refractivity contribution < 1.29 is 0 Å². The van der Waals surface area contributed by atoms with Crippen LogP contribution >= 0.6 is 0 Å². The maximum absolute atomic E-state index is 8.88. The van der Waals surface area contributed by atoms with Gasteiger partial charge in [0.05, 0.1) is 11.6 Å². The third-order valence-corrected chi connectivity index (χ3v) is 4.40. The number of benzene rings is 1. The second-order valence-electron chi connectivity index (χ2n) is 5.89. The third-order valence-electron chi connectivity index (χ3n) is 4.40. The Morgan fingerprint density at radius 3 is 2.63 bits per heavy atom.